The highest BCUT2D eigenvalue weighted by atomic mass is 79.9. The minimum atomic E-state index is -0.951. The molecule has 0 saturated carbocycles. The van der Waals surface area contributed by atoms with Gasteiger partial charge in [-0.05, 0) is 42.5 Å². The Hall–Kier alpha value is -2.74. The highest BCUT2D eigenvalue weighted by Gasteiger charge is 2.15. The van der Waals surface area contributed by atoms with Gasteiger partial charge in [0.25, 0.3) is 5.91 Å². The summed E-state index contributed by atoms with van der Waals surface area (Å²) in [5.41, 5.74) is 5.53. The lowest BCUT2D eigenvalue weighted by Crippen LogP contribution is -2.21. The van der Waals surface area contributed by atoms with Crippen molar-refractivity contribution in [3.8, 4) is 0 Å². The predicted molar refractivity (Wildman–Crippen MR) is 88.0 cm³/mol. The average Bonchev–Trinajstić information content (AvgIpc) is 2.55. The molecule has 0 radical (unpaired) electrons. The van der Waals surface area contributed by atoms with E-state index in [0.29, 0.717) is 15.7 Å². The van der Waals surface area contributed by atoms with Crippen LogP contribution in [0.15, 0.2) is 46.9 Å². The van der Waals surface area contributed by atoms with Gasteiger partial charge in [-0.3, -0.25) is 9.59 Å². The Morgan fingerprint density at radius 3 is 2.42 bits per heavy atom. The first-order valence-electron chi connectivity index (χ1n) is 6.68. The van der Waals surface area contributed by atoms with E-state index in [0.717, 1.165) is 6.07 Å². The lowest BCUT2D eigenvalue weighted by Gasteiger charge is -2.08. The first-order chi connectivity index (χ1) is 11.4. The van der Waals surface area contributed by atoms with Gasteiger partial charge in [-0.1, -0.05) is 15.9 Å². The minimum absolute atomic E-state index is 0.275. The molecule has 2 amide bonds. The number of carbonyl (C=O) groups excluding carboxylic acids is 3. The fourth-order valence-corrected chi connectivity index (χ4v) is 2.14. The quantitative estimate of drug-likeness (QED) is 0.760. The molecule has 0 unspecified atom stereocenters. The van der Waals surface area contributed by atoms with Gasteiger partial charge in [0.15, 0.2) is 6.61 Å². The zero-order chi connectivity index (χ0) is 17.7. The van der Waals surface area contributed by atoms with Gasteiger partial charge >= 0.3 is 5.97 Å². The molecule has 2 rings (SSSR count). The number of primary amides is 1. The molecule has 0 heterocycles. The Morgan fingerprint density at radius 2 is 1.79 bits per heavy atom. The number of esters is 1. The first kappa shape index (κ1) is 17.6. The van der Waals surface area contributed by atoms with Gasteiger partial charge in [-0.2, -0.15) is 0 Å². The van der Waals surface area contributed by atoms with Crippen LogP contribution in [0.2, 0.25) is 0 Å². The van der Waals surface area contributed by atoms with Crippen LogP contribution in [0.3, 0.4) is 0 Å². The number of hydrogen-bond donors (Lipinski definition) is 2. The van der Waals surface area contributed by atoms with E-state index in [9.17, 15) is 18.8 Å². The van der Waals surface area contributed by atoms with Crippen LogP contribution in [0.25, 0.3) is 0 Å². The third-order valence-electron chi connectivity index (χ3n) is 2.94. The molecule has 0 fully saturated rings. The van der Waals surface area contributed by atoms with Crippen LogP contribution < -0.4 is 11.1 Å². The standard InChI is InChI=1S/C16H12BrFN2O4/c17-10-3-6-13(18)12(7-10)16(23)24-8-14(21)20-11-4-1-9(2-5-11)15(19)22/h1-7H,8H2,(H2,19,22)(H,20,21). The van der Waals surface area contributed by atoms with Crippen molar-refractivity contribution < 1.29 is 23.5 Å². The van der Waals surface area contributed by atoms with Crippen LogP contribution in [0, 0.1) is 5.82 Å². The van der Waals surface area contributed by atoms with E-state index in [4.69, 9.17) is 10.5 Å². The molecule has 0 spiro atoms. The van der Waals surface area contributed by atoms with E-state index in [1.54, 1.807) is 0 Å². The number of amides is 2. The number of carbonyl (C=O) groups is 3. The molecule has 0 bridgehead atoms. The van der Waals surface area contributed by atoms with E-state index in [-0.39, 0.29) is 5.56 Å². The summed E-state index contributed by atoms with van der Waals surface area (Å²) in [6.45, 7) is -0.581. The monoisotopic (exact) mass is 394 g/mol. The molecule has 0 aliphatic rings. The van der Waals surface area contributed by atoms with Gasteiger partial charge < -0.3 is 15.8 Å². The molecule has 124 valence electrons. The van der Waals surface area contributed by atoms with Crippen LogP contribution in [0.5, 0.6) is 0 Å². The van der Waals surface area contributed by atoms with Crippen LogP contribution in [0.1, 0.15) is 20.7 Å². The van der Waals surface area contributed by atoms with E-state index in [2.05, 4.69) is 21.2 Å². The van der Waals surface area contributed by atoms with Gasteiger partial charge in [0.1, 0.15) is 5.82 Å². The lowest BCUT2D eigenvalue weighted by molar-refractivity contribution is -0.119. The lowest BCUT2D eigenvalue weighted by atomic mass is 10.2. The summed E-state index contributed by atoms with van der Waals surface area (Å²) in [6.07, 6.45) is 0. The van der Waals surface area contributed by atoms with E-state index in [1.807, 2.05) is 0 Å². The van der Waals surface area contributed by atoms with Crippen LogP contribution >= 0.6 is 15.9 Å². The number of halogens is 2. The molecule has 0 aliphatic heterocycles. The van der Waals surface area contributed by atoms with Gasteiger partial charge in [0.05, 0.1) is 5.56 Å². The van der Waals surface area contributed by atoms with E-state index in [1.165, 1.54) is 36.4 Å². The Labute approximate surface area is 144 Å². The second-order valence-corrected chi connectivity index (χ2v) is 5.61. The van der Waals surface area contributed by atoms with Crippen molar-refractivity contribution in [2.75, 3.05) is 11.9 Å². The van der Waals surface area contributed by atoms with Gasteiger partial charge in [0.2, 0.25) is 5.91 Å². The number of nitrogens with one attached hydrogen (secondary N) is 1. The summed E-state index contributed by atoms with van der Waals surface area (Å²) < 4.78 is 18.8. The van der Waals surface area contributed by atoms with E-state index >= 15 is 0 Å². The number of ether oxygens (including phenoxy) is 1. The van der Waals surface area contributed by atoms with Crippen molar-refractivity contribution in [1.82, 2.24) is 0 Å². The third kappa shape index (κ3) is 4.63. The summed E-state index contributed by atoms with van der Waals surface area (Å²) in [6, 6.07) is 9.66. The molecule has 0 aromatic heterocycles. The summed E-state index contributed by atoms with van der Waals surface area (Å²) in [7, 11) is 0. The Morgan fingerprint density at radius 1 is 1.12 bits per heavy atom. The molecular formula is C16H12BrFN2O4. The smallest absolute Gasteiger partial charge is 0.341 e. The van der Waals surface area contributed by atoms with E-state index < -0.39 is 30.2 Å². The zero-order valence-electron chi connectivity index (χ0n) is 12.2. The largest absolute Gasteiger partial charge is 0.452 e. The molecule has 0 aliphatic carbocycles. The second-order valence-electron chi connectivity index (χ2n) is 4.69. The van der Waals surface area contributed by atoms with Crippen LogP contribution in [-0.2, 0) is 9.53 Å². The maximum Gasteiger partial charge on any atom is 0.341 e. The van der Waals surface area contributed by atoms with Gasteiger partial charge in [-0.25, -0.2) is 9.18 Å². The second kappa shape index (κ2) is 7.69. The van der Waals surface area contributed by atoms with Crippen molar-refractivity contribution in [3.05, 3.63) is 63.9 Å². The summed E-state index contributed by atoms with van der Waals surface area (Å²) in [4.78, 5) is 34.5. The molecule has 2 aromatic carbocycles. The summed E-state index contributed by atoms with van der Waals surface area (Å²) in [5, 5.41) is 2.47. The van der Waals surface area contributed by atoms with Crippen LogP contribution in [0.4, 0.5) is 10.1 Å². The van der Waals surface area contributed by atoms with Crippen LogP contribution in [-0.4, -0.2) is 24.4 Å². The number of nitrogens with two attached hydrogens (primary N) is 1. The third-order valence-corrected chi connectivity index (χ3v) is 3.43. The number of hydrogen-bond acceptors (Lipinski definition) is 4. The highest BCUT2D eigenvalue weighted by molar-refractivity contribution is 9.10. The minimum Gasteiger partial charge on any atom is -0.452 e. The average molecular weight is 395 g/mol. The normalized spacial score (nSPS) is 10.1. The molecular weight excluding hydrogens is 383 g/mol. The molecule has 3 N–H and O–H groups in total. The maximum atomic E-state index is 13.5. The Bertz CT molecular complexity index is 793. The van der Waals surface area contributed by atoms with Gasteiger partial charge in [-0.15, -0.1) is 0 Å². The number of benzene rings is 2. The molecule has 8 heteroatoms. The summed E-state index contributed by atoms with van der Waals surface area (Å²) in [5.74, 6) is -2.89. The SMILES string of the molecule is NC(=O)c1ccc(NC(=O)COC(=O)c2cc(Br)ccc2F)cc1. The molecule has 2 aromatic rings. The van der Waals surface area contributed by atoms with Crippen molar-refractivity contribution >= 4 is 39.4 Å². The number of rotatable bonds is 5. The molecule has 0 saturated heterocycles. The summed E-state index contributed by atoms with van der Waals surface area (Å²) >= 11 is 3.12. The molecule has 24 heavy (non-hydrogen) atoms. The Kier molecular flexibility index (Phi) is 5.64. The van der Waals surface area contributed by atoms with Gasteiger partial charge in [0, 0.05) is 15.7 Å². The van der Waals surface area contributed by atoms with Crippen molar-refractivity contribution in [2.24, 2.45) is 5.73 Å². The highest BCUT2D eigenvalue weighted by Crippen LogP contribution is 2.16. The fourth-order valence-electron chi connectivity index (χ4n) is 1.78. The topological polar surface area (TPSA) is 98.5 Å². The van der Waals surface area contributed by atoms with Crippen molar-refractivity contribution in [1.29, 1.82) is 0 Å². The number of anilines is 1. The molecule has 6 nitrogen and oxygen atoms in total. The fraction of sp³-hybridized carbons (Fsp3) is 0.0625. The van der Waals surface area contributed by atoms with Crippen molar-refractivity contribution in [3.63, 3.8) is 0 Å². The predicted octanol–water partition coefficient (Wildman–Crippen LogP) is 2.48. The molecule has 0 atom stereocenters. The Balaban J connectivity index is 1.92. The maximum absolute atomic E-state index is 13.5. The zero-order valence-corrected chi connectivity index (χ0v) is 13.8. The van der Waals surface area contributed by atoms with Crippen molar-refractivity contribution in [2.45, 2.75) is 0 Å². The first-order valence-corrected chi connectivity index (χ1v) is 7.48.